The Morgan fingerprint density at radius 2 is 2.27 bits per heavy atom. The second-order valence-corrected chi connectivity index (χ2v) is 4.25. The van der Waals surface area contributed by atoms with Crippen molar-refractivity contribution < 1.29 is 13.2 Å². The molecule has 1 heterocycles. The second kappa shape index (κ2) is 4.89. The van der Waals surface area contributed by atoms with E-state index in [1.165, 1.54) is 6.33 Å². The van der Waals surface area contributed by atoms with Gasteiger partial charge in [-0.05, 0) is 18.7 Å². The molecule has 0 fully saturated rings. The molecule has 0 bridgehead atoms. The molecule has 1 aromatic heterocycles. The highest BCUT2D eigenvalue weighted by molar-refractivity contribution is 8.00. The van der Waals surface area contributed by atoms with Gasteiger partial charge in [-0.2, -0.15) is 13.2 Å². The van der Waals surface area contributed by atoms with Crippen molar-refractivity contribution in [1.82, 2.24) is 9.55 Å². The first-order chi connectivity index (χ1) is 6.90. The summed E-state index contributed by atoms with van der Waals surface area (Å²) in [6, 6.07) is -0.219. The van der Waals surface area contributed by atoms with Crippen molar-refractivity contribution >= 4 is 11.8 Å². The highest BCUT2D eigenvalue weighted by Gasteiger charge is 2.27. The third kappa shape index (κ3) is 4.13. The van der Waals surface area contributed by atoms with Crippen molar-refractivity contribution in [2.75, 3.05) is 5.75 Å². The molecular weight excluding hydrogens is 227 g/mol. The Hall–Kier alpha value is -0.690. The van der Waals surface area contributed by atoms with Crippen LogP contribution >= 0.6 is 11.8 Å². The first-order valence-corrected chi connectivity index (χ1v) is 5.35. The van der Waals surface area contributed by atoms with Crippen molar-refractivity contribution in [3.63, 3.8) is 0 Å². The number of rotatable bonds is 4. The molecule has 0 saturated carbocycles. The van der Waals surface area contributed by atoms with Crippen molar-refractivity contribution in [2.24, 2.45) is 5.73 Å². The number of nitrogens with two attached hydrogens (primary N) is 1. The fourth-order valence-corrected chi connectivity index (χ4v) is 1.68. The average molecular weight is 239 g/mol. The van der Waals surface area contributed by atoms with E-state index in [1.54, 1.807) is 17.7 Å². The van der Waals surface area contributed by atoms with Gasteiger partial charge in [-0.3, -0.25) is 0 Å². The van der Waals surface area contributed by atoms with Crippen molar-refractivity contribution in [2.45, 2.75) is 25.0 Å². The summed E-state index contributed by atoms with van der Waals surface area (Å²) in [4.78, 5) is 3.85. The Morgan fingerprint density at radius 1 is 1.60 bits per heavy atom. The molecule has 15 heavy (non-hydrogen) atoms. The van der Waals surface area contributed by atoms with Crippen LogP contribution in [0.3, 0.4) is 0 Å². The summed E-state index contributed by atoms with van der Waals surface area (Å²) < 4.78 is 37.2. The maximum atomic E-state index is 11.9. The van der Waals surface area contributed by atoms with Crippen molar-refractivity contribution in [3.05, 3.63) is 18.2 Å². The SMILES string of the molecule is C[C@H](N)c1cncn1CCSC(F)(F)F. The summed E-state index contributed by atoms with van der Waals surface area (Å²) in [6.07, 6.45) is 3.07. The zero-order chi connectivity index (χ0) is 11.5. The normalized spacial score (nSPS) is 14.2. The van der Waals surface area contributed by atoms with Gasteiger partial charge in [0, 0.05) is 24.5 Å². The molecule has 0 spiro atoms. The first-order valence-electron chi connectivity index (χ1n) is 4.36. The fourth-order valence-electron chi connectivity index (χ4n) is 1.16. The second-order valence-electron chi connectivity index (χ2n) is 3.09. The monoisotopic (exact) mass is 239 g/mol. The summed E-state index contributed by atoms with van der Waals surface area (Å²) in [5.74, 6) is -0.0282. The van der Waals surface area contributed by atoms with E-state index in [-0.39, 0.29) is 30.1 Å². The molecule has 0 aliphatic rings. The van der Waals surface area contributed by atoms with Gasteiger partial charge in [-0.15, -0.1) is 0 Å². The van der Waals surface area contributed by atoms with Gasteiger partial charge in [-0.25, -0.2) is 4.98 Å². The zero-order valence-electron chi connectivity index (χ0n) is 8.16. The summed E-state index contributed by atoms with van der Waals surface area (Å²) in [7, 11) is 0. The van der Waals surface area contributed by atoms with E-state index in [1.807, 2.05) is 0 Å². The van der Waals surface area contributed by atoms with E-state index in [9.17, 15) is 13.2 Å². The Labute approximate surface area is 89.9 Å². The van der Waals surface area contributed by atoms with Gasteiger partial charge < -0.3 is 10.3 Å². The largest absolute Gasteiger partial charge is 0.441 e. The lowest BCUT2D eigenvalue weighted by Crippen LogP contribution is -2.14. The van der Waals surface area contributed by atoms with Crippen LogP contribution in [0.1, 0.15) is 18.7 Å². The fraction of sp³-hybridized carbons (Fsp3) is 0.625. The van der Waals surface area contributed by atoms with Gasteiger partial charge in [0.05, 0.1) is 12.0 Å². The van der Waals surface area contributed by atoms with Gasteiger partial charge in [0.15, 0.2) is 0 Å². The van der Waals surface area contributed by atoms with E-state index >= 15 is 0 Å². The maximum absolute atomic E-state index is 11.9. The molecule has 0 aromatic carbocycles. The van der Waals surface area contributed by atoms with E-state index in [0.717, 1.165) is 5.69 Å². The van der Waals surface area contributed by atoms with Crippen LogP contribution in [0.15, 0.2) is 12.5 Å². The van der Waals surface area contributed by atoms with E-state index in [0.29, 0.717) is 0 Å². The van der Waals surface area contributed by atoms with Gasteiger partial charge in [0.25, 0.3) is 0 Å². The minimum atomic E-state index is -4.17. The third-order valence-electron chi connectivity index (χ3n) is 1.81. The molecule has 86 valence electrons. The number of aryl methyl sites for hydroxylation is 1. The average Bonchev–Trinajstić information content (AvgIpc) is 2.49. The molecule has 1 aromatic rings. The molecule has 0 radical (unpaired) electrons. The Bertz CT molecular complexity index is 308. The Morgan fingerprint density at radius 3 is 2.80 bits per heavy atom. The highest BCUT2D eigenvalue weighted by Crippen LogP contribution is 2.30. The lowest BCUT2D eigenvalue weighted by molar-refractivity contribution is -0.0328. The molecule has 3 nitrogen and oxygen atoms in total. The Balaban J connectivity index is 2.47. The van der Waals surface area contributed by atoms with Crippen LogP contribution in [0, 0.1) is 0 Å². The van der Waals surface area contributed by atoms with Gasteiger partial charge in [0.1, 0.15) is 0 Å². The lowest BCUT2D eigenvalue weighted by atomic mass is 10.3. The van der Waals surface area contributed by atoms with Crippen LogP contribution in [0.2, 0.25) is 0 Å². The topological polar surface area (TPSA) is 43.8 Å². The zero-order valence-corrected chi connectivity index (χ0v) is 8.98. The molecule has 1 atom stereocenters. The first kappa shape index (κ1) is 12.4. The molecule has 0 saturated heterocycles. The lowest BCUT2D eigenvalue weighted by Gasteiger charge is -2.11. The number of thioether (sulfide) groups is 1. The summed E-state index contributed by atoms with van der Waals surface area (Å²) in [6.45, 7) is 2.03. The number of alkyl halides is 3. The van der Waals surface area contributed by atoms with Gasteiger partial charge in [0.2, 0.25) is 0 Å². The van der Waals surface area contributed by atoms with Crippen LogP contribution in [-0.4, -0.2) is 20.8 Å². The molecule has 7 heteroatoms. The molecule has 0 unspecified atom stereocenters. The van der Waals surface area contributed by atoms with Crippen LogP contribution in [-0.2, 0) is 6.54 Å². The quantitative estimate of drug-likeness (QED) is 0.875. The predicted molar refractivity (Wildman–Crippen MR) is 53.3 cm³/mol. The summed E-state index contributed by atoms with van der Waals surface area (Å²) in [5.41, 5.74) is 2.20. The summed E-state index contributed by atoms with van der Waals surface area (Å²) in [5, 5.41) is 0. The van der Waals surface area contributed by atoms with Crippen LogP contribution in [0.5, 0.6) is 0 Å². The van der Waals surface area contributed by atoms with E-state index in [4.69, 9.17) is 5.73 Å². The number of aromatic nitrogens is 2. The van der Waals surface area contributed by atoms with Gasteiger partial charge in [-0.1, -0.05) is 0 Å². The van der Waals surface area contributed by atoms with E-state index in [2.05, 4.69) is 4.98 Å². The molecule has 2 N–H and O–H groups in total. The highest BCUT2D eigenvalue weighted by atomic mass is 32.2. The number of imidazole rings is 1. The minimum absolute atomic E-state index is 0.0282. The smallest absolute Gasteiger partial charge is 0.332 e. The van der Waals surface area contributed by atoms with E-state index < -0.39 is 5.51 Å². The predicted octanol–water partition coefficient (Wildman–Crippen LogP) is 2.16. The molecule has 0 aliphatic heterocycles. The van der Waals surface area contributed by atoms with Gasteiger partial charge >= 0.3 is 5.51 Å². The maximum Gasteiger partial charge on any atom is 0.441 e. The molecule has 0 aliphatic carbocycles. The molecule has 1 rings (SSSR count). The third-order valence-corrected chi connectivity index (χ3v) is 2.52. The molecular formula is C8H12F3N3S. The van der Waals surface area contributed by atoms with Crippen LogP contribution in [0.25, 0.3) is 0 Å². The Kier molecular flexibility index (Phi) is 4.04. The van der Waals surface area contributed by atoms with Crippen molar-refractivity contribution in [1.29, 1.82) is 0 Å². The number of hydrogen-bond donors (Lipinski definition) is 1. The number of halogens is 3. The number of nitrogens with zero attached hydrogens (tertiary/aromatic N) is 2. The minimum Gasteiger partial charge on any atom is -0.332 e. The standard InChI is InChI=1S/C8H12F3N3S/c1-6(12)7-4-13-5-14(7)2-3-15-8(9,10)11/h4-6H,2-3,12H2,1H3/t6-/m0/s1. The summed E-state index contributed by atoms with van der Waals surface area (Å²) >= 11 is -0.0372. The van der Waals surface area contributed by atoms with Crippen LogP contribution < -0.4 is 5.73 Å². The van der Waals surface area contributed by atoms with Crippen LogP contribution in [0.4, 0.5) is 13.2 Å². The molecule has 0 amide bonds. The number of hydrogen-bond acceptors (Lipinski definition) is 3. The van der Waals surface area contributed by atoms with Crippen molar-refractivity contribution in [3.8, 4) is 0 Å².